The van der Waals surface area contributed by atoms with Crippen LogP contribution in [0.5, 0.6) is 0 Å². The summed E-state index contributed by atoms with van der Waals surface area (Å²) in [5.41, 5.74) is 0. The number of allylic oxidation sites excluding steroid dienone is 2. The van der Waals surface area contributed by atoms with Gasteiger partial charge in [0.1, 0.15) is 26.4 Å². The summed E-state index contributed by atoms with van der Waals surface area (Å²) in [5, 5.41) is 0. The molecule has 2 atom stereocenters. The first kappa shape index (κ1) is 52.9. The van der Waals surface area contributed by atoms with E-state index in [4.69, 9.17) is 18.5 Å². The average Bonchev–Trinajstić information content (AvgIpc) is 3.12. The topological polar surface area (TPSA) is 111 Å². The molecule has 0 fully saturated rings. The van der Waals surface area contributed by atoms with Crippen LogP contribution in [0.1, 0.15) is 206 Å². The minimum Gasteiger partial charge on any atom is -0.756 e. The number of unbranched alkanes of at least 4 members (excludes halogenated alkanes) is 25. The molecule has 0 aromatic heterocycles. The molecule has 320 valence electrons. The van der Waals surface area contributed by atoms with Crippen molar-refractivity contribution in [2.24, 2.45) is 0 Å². The van der Waals surface area contributed by atoms with E-state index in [2.05, 4.69) is 26.0 Å². The lowest BCUT2D eigenvalue weighted by Gasteiger charge is -2.28. The number of quaternary nitrogens is 1. The Hall–Kier alpha value is -1.09. The highest BCUT2D eigenvalue weighted by molar-refractivity contribution is 7.45. The number of likely N-dealkylation sites (N-methyl/N-ethyl adjacent to an activating group) is 1. The summed E-state index contributed by atoms with van der Waals surface area (Å²) < 4.78 is 33.9. The molecule has 2 unspecified atom stereocenters. The van der Waals surface area contributed by atoms with Crippen LogP contribution in [0.15, 0.2) is 12.2 Å². The summed E-state index contributed by atoms with van der Waals surface area (Å²) in [6, 6.07) is 0. The van der Waals surface area contributed by atoms with Crippen LogP contribution in [0.25, 0.3) is 0 Å². The lowest BCUT2D eigenvalue weighted by molar-refractivity contribution is -0.870. The van der Waals surface area contributed by atoms with Gasteiger partial charge in [-0.25, -0.2) is 0 Å². The lowest BCUT2D eigenvalue weighted by atomic mass is 10.0. The molecule has 0 amide bonds. The van der Waals surface area contributed by atoms with Crippen molar-refractivity contribution in [3.63, 3.8) is 0 Å². The molecule has 0 radical (unpaired) electrons. The SMILES string of the molecule is CCCCCCCC/C=C\CCCCCCCC(=O)COC(COP(=O)([O-])OCC[N+](C)(C)C)OC(=O)CCCCCCCCCCCCCCCCC. The van der Waals surface area contributed by atoms with Crippen molar-refractivity contribution in [1.29, 1.82) is 0 Å². The predicted octanol–water partition coefficient (Wildman–Crippen LogP) is 11.9. The van der Waals surface area contributed by atoms with Crippen molar-refractivity contribution in [2.75, 3.05) is 47.5 Å². The molecule has 0 aliphatic carbocycles. The number of carbonyl (C=O) groups is 2. The number of ether oxygens (including phenoxy) is 2. The molecule has 10 heteroatoms. The summed E-state index contributed by atoms with van der Waals surface area (Å²) in [7, 11) is 1.14. The fourth-order valence-corrected chi connectivity index (χ4v) is 6.91. The largest absolute Gasteiger partial charge is 0.756 e. The number of phosphoric ester groups is 1. The second-order valence-electron chi connectivity index (χ2n) is 16.4. The molecular weight excluding hydrogens is 701 g/mol. The first-order chi connectivity index (χ1) is 26.0. The quantitative estimate of drug-likeness (QED) is 0.0150. The van der Waals surface area contributed by atoms with Crippen molar-refractivity contribution in [1.82, 2.24) is 0 Å². The van der Waals surface area contributed by atoms with Gasteiger partial charge in [0, 0.05) is 12.8 Å². The van der Waals surface area contributed by atoms with Gasteiger partial charge < -0.3 is 27.9 Å². The van der Waals surface area contributed by atoms with Gasteiger partial charge in [-0.2, -0.15) is 0 Å². The Balaban J connectivity index is 4.34. The van der Waals surface area contributed by atoms with Gasteiger partial charge in [-0.3, -0.25) is 14.2 Å². The molecule has 0 aliphatic rings. The number of phosphoric acid groups is 1. The van der Waals surface area contributed by atoms with Crippen LogP contribution in [0.2, 0.25) is 0 Å². The standard InChI is InChI=1S/C44H86NO8P/c1-6-8-10-12-14-16-18-20-22-24-26-28-30-32-34-36-42(46)40-50-44(41-52-54(48,49)51-39-38-45(3,4)5)53-43(47)37-35-33-31-29-27-25-23-21-19-17-15-13-11-9-7-2/h20,22,44H,6-19,21,23-41H2,1-5H3/b22-20-. The van der Waals surface area contributed by atoms with E-state index in [0.717, 1.165) is 51.4 Å². The minimum absolute atomic E-state index is 0.0385. The summed E-state index contributed by atoms with van der Waals surface area (Å²) in [6.45, 7) is 4.11. The van der Waals surface area contributed by atoms with Gasteiger partial charge in [-0.05, 0) is 38.5 Å². The predicted molar refractivity (Wildman–Crippen MR) is 222 cm³/mol. The van der Waals surface area contributed by atoms with Crippen molar-refractivity contribution < 1.29 is 42.1 Å². The van der Waals surface area contributed by atoms with Crippen molar-refractivity contribution in [3.8, 4) is 0 Å². The van der Waals surface area contributed by atoms with E-state index in [9.17, 15) is 19.0 Å². The molecule has 0 heterocycles. The first-order valence-corrected chi connectivity index (χ1v) is 23.8. The number of nitrogens with zero attached hydrogens (tertiary/aromatic N) is 1. The zero-order valence-corrected chi connectivity index (χ0v) is 36.8. The Morgan fingerprint density at radius 1 is 0.593 bits per heavy atom. The maximum absolute atomic E-state index is 12.6. The van der Waals surface area contributed by atoms with Gasteiger partial charge >= 0.3 is 5.97 Å². The second-order valence-corrected chi connectivity index (χ2v) is 17.8. The maximum Gasteiger partial charge on any atom is 0.308 e. The van der Waals surface area contributed by atoms with Gasteiger partial charge in [0.2, 0.25) is 6.29 Å². The molecule has 0 N–H and O–H groups in total. The first-order valence-electron chi connectivity index (χ1n) is 22.4. The summed E-state index contributed by atoms with van der Waals surface area (Å²) in [4.78, 5) is 37.6. The molecule has 0 aromatic rings. The fourth-order valence-electron chi connectivity index (χ4n) is 6.23. The molecule has 0 rings (SSSR count). The van der Waals surface area contributed by atoms with Crippen LogP contribution in [0, 0.1) is 0 Å². The normalized spacial score (nSPS) is 13.7. The van der Waals surface area contributed by atoms with Gasteiger partial charge in [0.05, 0.1) is 21.1 Å². The van der Waals surface area contributed by atoms with E-state index >= 15 is 0 Å². The van der Waals surface area contributed by atoms with Crippen LogP contribution in [0.3, 0.4) is 0 Å². The zero-order chi connectivity index (χ0) is 40.0. The van der Waals surface area contributed by atoms with Crippen LogP contribution < -0.4 is 4.89 Å². The minimum atomic E-state index is -4.64. The molecule has 54 heavy (non-hydrogen) atoms. The van der Waals surface area contributed by atoms with E-state index in [-0.39, 0.29) is 25.4 Å². The van der Waals surface area contributed by atoms with Crippen molar-refractivity contribution in [3.05, 3.63) is 12.2 Å². The number of rotatable bonds is 42. The van der Waals surface area contributed by atoms with Gasteiger partial charge in [-0.15, -0.1) is 0 Å². The highest BCUT2D eigenvalue weighted by atomic mass is 31.2. The Morgan fingerprint density at radius 3 is 1.44 bits per heavy atom. The van der Waals surface area contributed by atoms with E-state index in [1.807, 2.05) is 21.1 Å². The molecule has 0 saturated carbocycles. The van der Waals surface area contributed by atoms with E-state index < -0.39 is 26.7 Å². The van der Waals surface area contributed by atoms with E-state index in [1.54, 1.807) is 0 Å². The Bertz CT molecular complexity index is 938. The third kappa shape index (κ3) is 40.6. The highest BCUT2D eigenvalue weighted by Crippen LogP contribution is 2.38. The molecule has 0 saturated heterocycles. The Morgan fingerprint density at radius 2 is 1.00 bits per heavy atom. The molecule has 0 bridgehead atoms. The number of carbonyl (C=O) groups excluding carboxylic acids is 2. The summed E-state index contributed by atoms with van der Waals surface area (Å²) in [6.07, 6.45) is 37.9. The van der Waals surface area contributed by atoms with Crippen LogP contribution in [0.4, 0.5) is 0 Å². The highest BCUT2D eigenvalue weighted by Gasteiger charge is 2.21. The molecule has 9 nitrogen and oxygen atoms in total. The van der Waals surface area contributed by atoms with Gasteiger partial charge in [0.15, 0.2) is 5.78 Å². The Kier molecular flexibility index (Phi) is 36.7. The van der Waals surface area contributed by atoms with Crippen LogP contribution in [-0.2, 0) is 32.7 Å². The third-order valence-corrected chi connectivity index (χ3v) is 10.7. The number of esters is 1. The van der Waals surface area contributed by atoms with Gasteiger partial charge in [0.25, 0.3) is 7.82 Å². The smallest absolute Gasteiger partial charge is 0.308 e. The second kappa shape index (κ2) is 37.5. The monoisotopic (exact) mass is 788 g/mol. The number of Topliss-reactive ketones (excluding diaryl/α,β-unsaturated/α-hetero) is 1. The van der Waals surface area contributed by atoms with E-state index in [0.29, 0.717) is 23.9 Å². The van der Waals surface area contributed by atoms with Gasteiger partial charge in [-0.1, -0.05) is 167 Å². The van der Waals surface area contributed by atoms with Crippen molar-refractivity contribution in [2.45, 2.75) is 213 Å². The maximum atomic E-state index is 12.6. The number of ketones is 1. The number of hydrogen-bond acceptors (Lipinski definition) is 8. The van der Waals surface area contributed by atoms with Crippen LogP contribution >= 0.6 is 7.82 Å². The fraction of sp³-hybridized carbons (Fsp3) is 0.909. The molecule has 0 aliphatic heterocycles. The van der Waals surface area contributed by atoms with E-state index in [1.165, 1.54) is 122 Å². The van der Waals surface area contributed by atoms with Crippen LogP contribution in [-0.4, -0.2) is 70.0 Å². The molecular formula is C44H86NO8P. The summed E-state index contributed by atoms with van der Waals surface area (Å²) >= 11 is 0. The lowest BCUT2D eigenvalue weighted by Crippen LogP contribution is -2.37. The molecule has 0 aromatic carbocycles. The zero-order valence-electron chi connectivity index (χ0n) is 35.9. The average molecular weight is 788 g/mol. The third-order valence-electron chi connectivity index (χ3n) is 9.78. The molecule has 0 spiro atoms. The number of hydrogen-bond donors (Lipinski definition) is 0. The van der Waals surface area contributed by atoms with Crippen molar-refractivity contribution >= 4 is 19.6 Å². The Labute approximate surface area is 333 Å². The summed E-state index contributed by atoms with van der Waals surface area (Å²) in [5.74, 6) is -0.602.